The van der Waals surface area contributed by atoms with Crippen LogP contribution in [-0.4, -0.2) is 17.9 Å². The summed E-state index contributed by atoms with van der Waals surface area (Å²) < 4.78 is 4.43. The molecule has 0 aromatic rings. The van der Waals surface area contributed by atoms with Gasteiger partial charge < -0.3 is 11.3 Å². The number of unbranched alkanes of at least 4 members (excludes halogenated alkanes) is 9. The van der Waals surface area contributed by atoms with E-state index in [2.05, 4.69) is 11.7 Å². The van der Waals surface area contributed by atoms with Gasteiger partial charge in [-0.25, -0.2) is 4.79 Å². The molecule has 0 aliphatic rings. The summed E-state index contributed by atoms with van der Waals surface area (Å²) in [5.74, 6) is 0. The van der Waals surface area contributed by atoms with Crippen LogP contribution in [0.1, 0.15) is 72.6 Å². The molecule has 0 aliphatic carbocycles. The van der Waals surface area contributed by atoms with Crippen LogP contribution >= 0.6 is 0 Å². The van der Waals surface area contributed by atoms with Crippen molar-refractivity contribution in [1.29, 1.82) is 0 Å². The molecule has 0 spiro atoms. The van der Waals surface area contributed by atoms with E-state index in [1.165, 1.54) is 51.4 Å². The van der Waals surface area contributed by atoms with Crippen LogP contribution < -0.4 is 29.6 Å². The van der Waals surface area contributed by atoms with E-state index in [1.807, 2.05) is 0 Å². The molecule has 98 valence electrons. The molecule has 3 nitrogen and oxygen atoms in total. The minimum absolute atomic E-state index is 0. The van der Waals surface area contributed by atoms with Crippen LogP contribution in [0, 0.1) is 0 Å². The fourth-order valence-corrected chi connectivity index (χ4v) is 1.75. The monoisotopic (exact) mass is 254 g/mol. The molecule has 0 rings (SSSR count). The molecule has 0 atom stereocenters. The molecule has 0 heterocycles. The zero-order chi connectivity index (χ0) is 12.1. The Morgan fingerprint density at radius 3 is 1.76 bits per heavy atom. The van der Waals surface area contributed by atoms with Gasteiger partial charge in [-0.05, 0) is 6.42 Å². The van der Waals surface area contributed by atoms with Gasteiger partial charge in [0.05, 0.1) is 6.61 Å². The third-order valence-electron chi connectivity index (χ3n) is 2.72. The summed E-state index contributed by atoms with van der Waals surface area (Å²) in [7, 11) is 0. The van der Waals surface area contributed by atoms with Crippen LogP contribution in [0.15, 0.2) is 0 Å². The Hall–Kier alpha value is 0.270. The third kappa shape index (κ3) is 18.8. The molecule has 0 aromatic heterocycles. The van der Waals surface area contributed by atoms with E-state index in [-0.39, 0.29) is 31.0 Å². The van der Waals surface area contributed by atoms with Crippen LogP contribution in [0.2, 0.25) is 0 Å². The number of ether oxygens (including phenoxy) is 1. The maximum Gasteiger partial charge on any atom is 1.00 e. The van der Waals surface area contributed by atoms with Gasteiger partial charge in [0.2, 0.25) is 0 Å². The molecule has 4 heteroatoms. The molecule has 0 fully saturated rings. The molecule has 0 radical (unpaired) electrons. The Morgan fingerprint density at radius 1 is 0.941 bits per heavy atom. The largest absolute Gasteiger partial charge is 1.00 e. The van der Waals surface area contributed by atoms with Crippen LogP contribution in [0.5, 0.6) is 0 Å². The zero-order valence-electron chi connectivity index (χ0n) is 12.5. The second-order valence-corrected chi connectivity index (χ2v) is 4.30. The van der Waals surface area contributed by atoms with Crippen molar-refractivity contribution >= 4 is 6.16 Å². The maximum atomic E-state index is 10.0. The predicted molar refractivity (Wildman–Crippen MR) is 66.9 cm³/mol. The van der Waals surface area contributed by atoms with E-state index in [0.717, 1.165) is 12.8 Å². The average molecular weight is 254 g/mol. The summed E-state index contributed by atoms with van der Waals surface area (Å²) in [4.78, 5) is 10.0. The minimum Gasteiger partial charge on any atom is -1.00 e. The van der Waals surface area contributed by atoms with E-state index >= 15 is 0 Å². The Morgan fingerprint density at radius 2 is 1.35 bits per heavy atom. The molecular formula is C13H27NaO3. The molecule has 1 N–H and O–H groups in total. The van der Waals surface area contributed by atoms with Crippen LogP contribution in [0.3, 0.4) is 0 Å². The summed E-state index contributed by atoms with van der Waals surface area (Å²) in [6, 6.07) is 0. The molecular weight excluding hydrogens is 227 g/mol. The second-order valence-electron chi connectivity index (χ2n) is 4.30. The van der Waals surface area contributed by atoms with Crippen molar-refractivity contribution in [2.45, 2.75) is 71.1 Å². The Balaban J connectivity index is -0.00000112. The van der Waals surface area contributed by atoms with Crippen molar-refractivity contribution in [2.75, 3.05) is 6.61 Å². The molecule has 0 unspecified atom stereocenters. The SMILES string of the molecule is CCCCCCCCCCCCOC(=O)O.[H-].[Na+]. The first kappa shape index (κ1) is 19.6. The summed E-state index contributed by atoms with van der Waals surface area (Å²) in [5, 5.41) is 8.23. The van der Waals surface area contributed by atoms with Gasteiger partial charge in [-0.1, -0.05) is 64.7 Å². The molecule has 17 heavy (non-hydrogen) atoms. The minimum atomic E-state index is -1.16. The first-order valence-corrected chi connectivity index (χ1v) is 6.63. The van der Waals surface area contributed by atoms with E-state index in [0.29, 0.717) is 6.61 Å². The summed E-state index contributed by atoms with van der Waals surface area (Å²) in [6.45, 7) is 2.59. The van der Waals surface area contributed by atoms with Gasteiger partial charge in [0, 0.05) is 0 Å². The fourth-order valence-electron chi connectivity index (χ4n) is 1.75. The van der Waals surface area contributed by atoms with Gasteiger partial charge in [-0.3, -0.25) is 0 Å². The Kier molecular flexibility index (Phi) is 18.8. The van der Waals surface area contributed by atoms with Crippen LogP contribution in [0.25, 0.3) is 0 Å². The van der Waals surface area contributed by atoms with Crippen LogP contribution in [0.4, 0.5) is 4.79 Å². The zero-order valence-corrected chi connectivity index (χ0v) is 13.5. The van der Waals surface area contributed by atoms with Crippen LogP contribution in [-0.2, 0) is 4.74 Å². The number of hydrogen-bond acceptors (Lipinski definition) is 2. The molecule has 0 bridgehead atoms. The average Bonchev–Trinajstić information content (AvgIpc) is 2.25. The van der Waals surface area contributed by atoms with E-state index in [4.69, 9.17) is 5.11 Å². The first-order chi connectivity index (χ1) is 7.77. The molecule has 0 saturated heterocycles. The fraction of sp³-hybridized carbons (Fsp3) is 0.923. The standard InChI is InChI=1S/C13H26O3.Na.H/c1-2-3-4-5-6-7-8-9-10-11-12-16-13(14)15;;/h2-12H2,1H3,(H,14,15);;/q;+1;-1. The van der Waals surface area contributed by atoms with Crippen molar-refractivity contribution in [2.24, 2.45) is 0 Å². The molecule has 0 aliphatic heterocycles. The number of rotatable bonds is 11. The third-order valence-corrected chi connectivity index (χ3v) is 2.72. The predicted octanol–water partition coefficient (Wildman–Crippen LogP) is 1.72. The van der Waals surface area contributed by atoms with Crippen molar-refractivity contribution in [1.82, 2.24) is 0 Å². The maximum absolute atomic E-state index is 10.0. The normalized spacial score (nSPS) is 9.71. The van der Waals surface area contributed by atoms with E-state index in [1.54, 1.807) is 0 Å². The van der Waals surface area contributed by atoms with Crippen molar-refractivity contribution in [3.05, 3.63) is 0 Å². The summed E-state index contributed by atoms with van der Waals surface area (Å²) >= 11 is 0. The van der Waals surface area contributed by atoms with Gasteiger partial charge in [0.15, 0.2) is 0 Å². The van der Waals surface area contributed by atoms with Gasteiger partial charge in [0.1, 0.15) is 0 Å². The molecule has 0 saturated carbocycles. The number of carboxylic acid groups (broad SMARTS) is 1. The smallest absolute Gasteiger partial charge is 1.00 e. The Bertz CT molecular complexity index is 168. The van der Waals surface area contributed by atoms with Crippen molar-refractivity contribution in [3.63, 3.8) is 0 Å². The summed E-state index contributed by atoms with van der Waals surface area (Å²) in [5.41, 5.74) is 0. The molecule has 0 aromatic carbocycles. The van der Waals surface area contributed by atoms with Crippen molar-refractivity contribution < 1.29 is 45.6 Å². The number of carbonyl (C=O) groups is 1. The molecule has 0 amide bonds. The Labute approximate surface area is 129 Å². The van der Waals surface area contributed by atoms with Gasteiger partial charge in [0.25, 0.3) is 0 Å². The van der Waals surface area contributed by atoms with Gasteiger partial charge in [-0.2, -0.15) is 0 Å². The van der Waals surface area contributed by atoms with E-state index in [9.17, 15) is 4.79 Å². The van der Waals surface area contributed by atoms with Gasteiger partial charge >= 0.3 is 35.7 Å². The van der Waals surface area contributed by atoms with Crippen molar-refractivity contribution in [3.8, 4) is 0 Å². The topological polar surface area (TPSA) is 46.5 Å². The van der Waals surface area contributed by atoms with Gasteiger partial charge in [-0.15, -0.1) is 0 Å². The summed E-state index contributed by atoms with van der Waals surface area (Å²) in [6.07, 6.45) is 11.4. The van der Waals surface area contributed by atoms with E-state index < -0.39 is 6.16 Å². The first-order valence-electron chi connectivity index (χ1n) is 6.63. The second kappa shape index (κ2) is 16.3. The number of hydrogen-bond donors (Lipinski definition) is 1. The quantitative estimate of drug-likeness (QED) is 0.347.